The smallest absolute Gasteiger partial charge is 0.303 e. The maximum atomic E-state index is 12.0. The van der Waals surface area contributed by atoms with Crippen LogP contribution in [0, 0.1) is 5.92 Å². The highest BCUT2D eigenvalue weighted by molar-refractivity contribution is 5.85. The largest absolute Gasteiger partial charge is 0.453 e. The minimum Gasteiger partial charge on any atom is -0.453 e. The zero-order chi connectivity index (χ0) is 14.1. The summed E-state index contributed by atoms with van der Waals surface area (Å²) in [5, 5.41) is 0. The quantitative estimate of drug-likeness (QED) is 0.563. The number of ether oxygens (including phenoxy) is 3. The van der Waals surface area contributed by atoms with Crippen molar-refractivity contribution < 1.29 is 23.8 Å². The van der Waals surface area contributed by atoms with Gasteiger partial charge < -0.3 is 14.2 Å². The van der Waals surface area contributed by atoms with Crippen LogP contribution in [0.5, 0.6) is 0 Å². The Hall–Kier alpha value is -0.940. The van der Waals surface area contributed by atoms with Gasteiger partial charge in [-0.2, -0.15) is 0 Å². The van der Waals surface area contributed by atoms with Crippen molar-refractivity contribution in [1.82, 2.24) is 0 Å². The summed E-state index contributed by atoms with van der Waals surface area (Å²) >= 11 is 0. The van der Waals surface area contributed by atoms with Gasteiger partial charge in [-0.1, -0.05) is 0 Å². The summed E-state index contributed by atoms with van der Waals surface area (Å²) in [5.41, 5.74) is -0.916. The number of Topliss-reactive ketones (excluding diaryl/α,β-unsaturated/α-hetero) is 1. The Morgan fingerprint density at radius 3 is 2.47 bits per heavy atom. The molecule has 0 saturated heterocycles. The van der Waals surface area contributed by atoms with Gasteiger partial charge in [-0.25, -0.2) is 0 Å². The van der Waals surface area contributed by atoms with E-state index in [0.717, 1.165) is 0 Å². The number of hydrogen-bond donors (Lipinski definition) is 0. The molecule has 2 aliphatic carbocycles. The maximum Gasteiger partial charge on any atom is 0.303 e. The normalized spacial score (nSPS) is 32.4. The molecule has 0 amide bonds. The van der Waals surface area contributed by atoms with Crippen LogP contribution in [0.4, 0.5) is 0 Å². The van der Waals surface area contributed by atoms with Gasteiger partial charge in [0.1, 0.15) is 5.78 Å². The molecule has 2 unspecified atom stereocenters. The molecular formula is C14H22O5. The molecule has 0 N–H and O–H groups in total. The first kappa shape index (κ1) is 14.5. The average Bonchev–Trinajstić information content (AvgIpc) is 2.33. The molecule has 5 nitrogen and oxygen atoms in total. The fraction of sp³-hybridized carbons (Fsp3) is 0.857. The van der Waals surface area contributed by atoms with E-state index in [1.165, 1.54) is 6.92 Å². The molecule has 2 saturated carbocycles. The van der Waals surface area contributed by atoms with Crippen LogP contribution in [0.1, 0.15) is 46.5 Å². The molecule has 0 aromatic rings. The lowest BCUT2D eigenvalue weighted by Crippen LogP contribution is -2.76. The first-order chi connectivity index (χ1) is 9.01. The Labute approximate surface area is 113 Å². The lowest BCUT2D eigenvalue weighted by Gasteiger charge is -2.62. The second kappa shape index (κ2) is 5.21. The summed E-state index contributed by atoms with van der Waals surface area (Å²) in [4.78, 5) is 23.5. The molecule has 0 spiro atoms. The van der Waals surface area contributed by atoms with E-state index in [1.54, 1.807) is 0 Å². The topological polar surface area (TPSA) is 61.8 Å². The van der Waals surface area contributed by atoms with Crippen molar-refractivity contribution in [3.05, 3.63) is 0 Å². The average molecular weight is 270 g/mol. The van der Waals surface area contributed by atoms with Gasteiger partial charge >= 0.3 is 5.97 Å². The number of ketones is 1. The summed E-state index contributed by atoms with van der Waals surface area (Å²) in [6.07, 6.45) is 2.39. The van der Waals surface area contributed by atoms with Gasteiger partial charge in [0, 0.05) is 33.0 Å². The molecule has 0 bridgehead atoms. The summed E-state index contributed by atoms with van der Waals surface area (Å²) < 4.78 is 17.1. The first-order valence-corrected chi connectivity index (χ1v) is 7.01. The fourth-order valence-electron chi connectivity index (χ4n) is 3.51. The Balaban J connectivity index is 2.33. The van der Waals surface area contributed by atoms with E-state index in [1.807, 2.05) is 13.8 Å². The molecule has 19 heavy (non-hydrogen) atoms. The highest BCUT2D eigenvalue weighted by atomic mass is 16.7. The predicted molar refractivity (Wildman–Crippen MR) is 67.4 cm³/mol. The van der Waals surface area contributed by atoms with Gasteiger partial charge in [0.15, 0.2) is 5.60 Å². The van der Waals surface area contributed by atoms with Gasteiger partial charge in [-0.3, -0.25) is 9.59 Å². The molecule has 2 aliphatic rings. The molecule has 2 atom stereocenters. The van der Waals surface area contributed by atoms with E-state index in [-0.39, 0.29) is 17.7 Å². The van der Waals surface area contributed by atoms with Crippen LogP contribution in [-0.4, -0.2) is 36.4 Å². The Kier molecular flexibility index (Phi) is 3.97. The Bertz CT molecular complexity index is 372. The number of fused-ring (bicyclic) bond motifs is 1. The van der Waals surface area contributed by atoms with Gasteiger partial charge in [0.25, 0.3) is 0 Å². The zero-order valence-corrected chi connectivity index (χ0v) is 11.9. The van der Waals surface area contributed by atoms with Crippen molar-refractivity contribution in [3.8, 4) is 0 Å². The minimum atomic E-state index is -0.942. The molecule has 0 radical (unpaired) electrons. The molecule has 0 aromatic heterocycles. The monoisotopic (exact) mass is 270 g/mol. The number of hydrogen-bond acceptors (Lipinski definition) is 5. The van der Waals surface area contributed by atoms with Crippen molar-refractivity contribution in [2.45, 2.75) is 57.8 Å². The van der Waals surface area contributed by atoms with Crippen LogP contribution in [0.2, 0.25) is 0 Å². The lowest BCUT2D eigenvalue weighted by atomic mass is 9.56. The summed E-state index contributed by atoms with van der Waals surface area (Å²) in [6, 6.07) is 0. The van der Waals surface area contributed by atoms with Gasteiger partial charge in [-0.05, 0) is 26.7 Å². The first-order valence-electron chi connectivity index (χ1n) is 7.01. The van der Waals surface area contributed by atoms with Crippen LogP contribution in [0.3, 0.4) is 0 Å². The van der Waals surface area contributed by atoms with Crippen LogP contribution in [-0.2, 0) is 23.8 Å². The van der Waals surface area contributed by atoms with Crippen molar-refractivity contribution in [3.63, 3.8) is 0 Å². The minimum absolute atomic E-state index is 0.155. The van der Waals surface area contributed by atoms with Gasteiger partial charge in [0.05, 0.1) is 5.92 Å². The molecule has 0 aromatic carbocycles. The predicted octanol–water partition coefficient (Wildman–Crippen LogP) is 1.83. The maximum absolute atomic E-state index is 12.0. The highest BCUT2D eigenvalue weighted by Crippen LogP contribution is 2.58. The third kappa shape index (κ3) is 2.09. The van der Waals surface area contributed by atoms with E-state index < -0.39 is 11.4 Å². The summed E-state index contributed by atoms with van der Waals surface area (Å²) in [7, 11) is 0. The Morgan fingerprint density at radius 1 is 1.32 bits per heavy atom. The summed E-state index contributed by atoms with van der Waals surface area (Å²) in [6.45, 7) is 6.04. The van der Waals surface area contributed by atoms with Crippen molar-refractivity contribution in [2.75, 3.05) is 13.2 Å². The fourth-order valence-corrected chi connectivity index (χ4v) is 3.51. The second-order valence-electron chi connectivity index (χ2n) is 5.18. The van der Waals surface area contributed by atoms with Crippen LogP contribution < -0.4 is 0 Å². The van der Waals surface area contributed by atoms with Crippen molar-refractivity contribution in [1.29, 1.82) is 0 Å². The molecular weight excluding hydrogens is 248 g/mol. The van der Waals surface area contributed by atoms with E-state index in [2.05, 4.69) is 0 Å². The second-order valence-corrected chi connectivity index (χ2v) is 5.18. The number of carbonyl (C=O) groups excluding carboxylic acids is 2. The Morgan fingerprint density at radius 2 is 1.95 bits per heavy atom. The zero-order valence-electron chi connectivity index (χ0n) is 11.9. The van der Waals surface area contributed by atoms with Gasteiger partial charge in [-0.15, -0.1) is 0 Å². The standard InChI is InChI=1S/C14H22O5/c1-4-17-14(18-5-2)9-11-12(16)7-6-8-13(11,14)19-10(3)15/h11H,4-9H2,1-3H3. The third-order valence-corrected chi connectivity index (χ3v) is 4.12. The van der Waals surface area contributed by atoms with E-state index in [9.17, 15) is 9.59 Å². The third-order valence-electron chi connectivity index (χ3n) is 4.12. The molecule has 108 valence electrons. The molecule has 2 fully saturated rings. The SMILES string of the molecule is CCOC1(OCC)CC2C(=O)CCCC21OC(C)=O. The molecule has 0 heterocycles. The lowest BCUT2D eigenvalue weighted by molar-refractivity contribution is -0.391. The number of carbonyl (C=O) groups is 2. The van der Waals surface area contributed by atoms with E-state index >= 15 is 0 Å². The van der Waals surface area contributed by atoms with E-state index in [0.29, 0.717) is 38.9 Å². The highest BCUT2D eigenvalue weighted by Gasteiger charge is 2.73. The molecule has 0 aliphatic heterocycles. The number of esters is 1. The van der Waals surface area contributed by atoms with Crippen LogP contribution >= 0.6 is 0 Å². The summed E-state index contributed by atoms with van der Waals surface area (Å²) in [5.74, 6) is -1.45. The van der Waals surface area contributed by atoms with Gasteiger partial charge in [0.2, 0.25) is 5.79 Å². The van der Waals surface area contributed by atoms with Crippen LogP contribution in [0.15, 0.2) is 0 Å². The molecule has 2 rings (SSSR count). The van der Waals surface area contributed by atoms with E-state index in [4.69, 9.17) is 14.2 Å². The van der Waals surface area contributed by atoms with Crippen molar-refractivity contribution in [2.24, 2.45) is 5.92 Å². The van der Waals surface area contributed by atoms with Crippen molar-refractivity contribution >= 4 is 11.8 Å². The van der Waals surface area contributed by atoms with Crippen LogP contribution in [0.25, 0.3) is 0 Å². The molecule has 5 heteroatoms. The number of rotatable bonds is 5.